The molecule has 0 atom stereocenters. The van der Waals surface area contributed by atoms with Crippen molar-refractivity contribution >= 4 is 32.9 Å². The predicted molar refractivity (Wildman–Crippen MR) is 138 cm³/mol. The first-order valence-corrected chi connectivity index (χ1v) is 12.3. The average molecular weight is 487 g/mol. The number of aromatic nitrogens is 2. The Morgan fingerprint density at radius 2 is 1.56 bits per heavy atom. The van der Waals surface area contributed by atoms with Gasteiger partial charge in [0.25, 0.3) is 0 Å². The number of hydrogen-bond donors (Lipinski definition) is 1. The number of nitrogens with one attached hydrogen (secondary N) is 1. The highest BCUT2D eigenvalue weighted by Gasteiger charge is 2.29. The van der Waals surface area contributed by atoms with Crippen molar-refractivity contribution in [2.24, 2.45) is 0 Å². The van der Waals surface area contributed by atoms with Crippen LogP contribution >= 0.6 is 10.0 Å². The number of nitrogens with zero attached hydrogens (tertiary/aromatic N) is 7. The van der Waals surface area contributed by atoms with Crippen LogP contribution in [0.5, 0.6) is 0 Å². The first-order chi connectivity index (χ1) is 17.6. The molecule has 0 radical (unpaired) electrons. The summed E-state index contributed by atoms with van der Waals surface area (Å²) in [6.07, 6.45) is 5.07. The minimum Gasteiger partial charge on any atom is -0.339 e. The summed E-state index contributed by atoms with van der Waals surface area (Å²) >= 11 is 0. The summed E-state index contributed by atoms with van der Waals surface area (Å²) in [5.74, 6) is 0.511. The van der Waals surface area contributed by atoms with E-state index in [1.54, 1.807) is 55.0 Å². The Balaban J connectivity index is 1.76. The zero-order valence-electron chi connectivity index (χ0n) is 18.9. The van der Waals surface area contributed by atoms with Gasteiger partial charge in [-0.15, -0.1) is 0 Å². The molecule has 0 aliphatic carbocycles. The molecule has 0 saturated heterocycles. The van der Waals surface area contributed by atoms with Crippen LogP contribution in [0.25, 0.3) is 0 Å². The Morgan fingerprint density at radius 1 is 0.806 bits per heavy atom. The van der Waals surface area contributed by atoms with E-state index < -0.39 is 10.0 Å². The molecule has 4 aromatic rings. The Hall–Kier alpha value is -5.35. The van der Waals surface area contributed by atoms with E-state index in [4.69, 9.17) is 0 Å². The van der Waals surface area contributed by atoms with Gasteiger partial charge in [0.2, 0.25) is 0 Å². The highest BCUT2D eigenvalue weighted by molar-refractivity contribution is 8.44. The van der Waals surface area contributed by atoms with Crippen molar-refractivity contribution in [3.8, 4) is 22.3 Å². The normalized spacial score (nSPS) is 10.7. The molecule has 36 heavy (non-hydrogen) atoms. The zero-order valence-corrected chi connectivity index (χ0v) is 19.7. The Kier molecular flexibility index (Phi) is 7.09. The maximum atomic E-state index is 9.65. The lowest BCUT2D eigenvalue weighted by Crippen LogP contribution is -2.18. The van der Waals surface area contributed by atoms with Crippen LogP contribution in [0.1, 0.15) is 11.1 Å². The molecular weight excluding hydrogens is 468 g/mol. The number of rotatable bonds is 7. The van der Waals surface area contributed by atoms with Gasteiger partial charge in [0.05, 0.1) is 50.7 Å². The van der Waals surface area contributed by atoms with E-state index in [0.717, 1.165) is 16.9 Å². The van der Waals surface area contributed by atoms with Crippen molar-refractivity contribution in [3.63, 3.8) is 0 Å². The Morgan fingerprint density at radius 3 is 2.28 bits per heavy atom. The molecule has 0 aliphatic rings. The zero-order chi connectivity index (χ0) is 25.4. The molecule has 2 aromatic heterocycles. The average Bonchev–Trinajstić information content (AvgIpc) is 2.95. The first kappa shape index (κ1) is 23.8. The van der Waals surface area contributed by atoms with Crippen LogP contribution in [0.15, 0.2) is 96.3 Å². The molecule has 8 nitrogen and oxygen atoms in total. The first-order valence-electron chi connectivity index (χ1n) is 10.7. The second kappa shape index (κ2) is 10.7. The molecule has 0 aliphatic heterocycles. The second-order valence-corrected chi connectivity index (χ2v) is 9.69. The third-order valence-electron chi connectivity index (χ3n) is 5.35. The van der Waals surface area contributed by atoms with E-state index in [-0.39, 0.29) is 0 Å². The fraction of sp³-hybridized carbons (Fsp3) is 0.0370. The van der Waals surface area contributed by atoms with Gasteiger partial charge < -0.3 is 10.2 Å². The second-order valence-electron chi connectivity index (χ2n) is 7.48. The summed E-state index contributed by atoms with van der Waals surface area (Å²) in [6, 6.07) is 23.7. The maximum absolute atomic E-state index is 9.65. The van der Waals surface area contributed by atoms with E-state index in [0.29, 0.717) is 28.5 Å². The van der Waals surface area contributed by atoms with Crippen molar-refractivity contribution in [3.05, 3.63) is 103 Å². The number of hydrogen-bond acceptors (Lipinski definition) is 8. The van der Waals surface area contributed by atoms with Crippen LogP contribution in [0.2, 0.25) is 0 Å². The molecule has 1 N–H and O–H groups in total. The van der Waals surface area contributed by atoms with Gasteiger partial charge in [0.15, 0.2) is 0 Å². The molecule has 0 spiro atoms. The molecule has 9 heteroatoms. The molecule has 2 heterocycles. The van der Waals surface area contributed by atoms with E-state index >= 15 is 0 Å². The van der Waals surface area contributed by atoms with E-state index in [2.05, 4.69) is 21.4 Å². The topological polar surface area (TPSA) is 136 Å². The monoisotopic (exact) mass is 486 g/mol. The molecule has 4 rings (SSSR count). The smallest absolute Gasteiger partial charge is 0.145 e. The van der Waals surface area contributed by atoms with Crippen LogP contribution < -0.4 is 10.2 Å². The Labute approximate surface area is 210 Å². The largest absolute Gasteiger partial charge is 0.339 e. The number of nitriles is 4. The summed E-state index contributed by atoms with van der Waals surface area (Å²) in [4.78, 5) is 11.1. The summed E-state index contributed by atoms with van der Waals surface area (Å²) < 4.78 is 0. The van der Waals surface area contributed by atoms with Gasteiger partial charge in [-0.3, -0.25) is 4.98 Å². The fourth-order valence-corrected chi connectivity index (χ4v) is 4.76. The van der Waals surface area contributed by atoms with Crippen molar-refractivity contribution in [1.82, 2.24) is 9.97 Å². The van der Waals surface area contributed by atoms with Crippen LogP contribution in [-0.2, 0) is 6.54 Å². The van der Waals surface area contributed by atoms with Crippen molar-refractivity contribution in [2.75, 3.05) is 10.2 Å². The van der Waals surface area contributed by atoms with Crippen molar-refractivity contribution in [1.29, 1.82) is 21.0 Å². The van der Waals surface area contributed by atoms with E-state index in [1.807, 2.05) is 57.5 Å². The minimum atomic E-state index is -2.99. The van der Waals surface area contributed by atoms with Crippen LogP contribution in [-0.4, -0.2) is 9.97 Å². The Bertz CT molecular complexity index is 1520. The molecule has 2 aromatic carbocycles. The van der Waals surface area contributed by atoms with Gasteiger partial charge in [-0.25, -0.2) is 4.98 Å². The highest BCUT2D eigenvalue weighted by atomic mass is 32.3. The van der Waals surface area contributed by atoms with Crippen molar-refractivity contribution < 1.29 is 0 Å². The summed E-state index contributed by atoms with van der Waals surface area (Å²) in [5.41, 5.74) is 3.44. The third kappa shape index (κ3) is 4.79. The van der Waals surface area contributed by atoms with Crippen LogP contribution in [0.3, 0.4) is 0 Å². The van der Waals surface area contributed by atoms with Gasteiger partial charge in [0.1, 0.15) is 22.0 Å². The van der Waals surface area contributed by atoms with Crippen molar-refractivity contribution in [2.45, 2.75) is 11.4 Å². The molecular formula is C27H18N8S. The number of thiocyanates is 3. The highest BCUT2D eigenvalue weighted by Crippen LogP contribution is 2.56. The van der Waals surface area contributed by atoms with Gasteiger partial charge in [0, 0.05) is 23.6 Å². The standard InChI is InChI=1S/C27H18N8S/c28-15-21-6-3-8-23(14-21)35(24-9-5-12-32-16-24)17-22-7-4-13-33-27(22)34-25-10-1-2-11-26(25)36(18-29,19-30)20-31/h1-14,16H,17H2,(H,33,34). The molecule has 0 amide bonds. The number of para-hydroxylation sites is 1. The quantitative estimate of drug-likeness (QED) is 0.312. The predicted octanol–water partition coefficient (Wildman–Crippen LogP) is 6.04. The third-order valence-corrected chi connectivity index (χ3v) is 7.18. The van der Waals surface area contributed by atoms with Gasteiger partial charge in [-0.05, 0) is 48.5 Å². The van der Waals surface area contributed by atoms with Crippen LogP contribution in [0.4, 0.5) is 22.9 Å². The SMILES string of the molecule is N#Cc1cccc(N(Cc2cccnc2Nc2ccccc2S(C#N)(C#N)C#N)c2cccnc2)c1. The van der Waals surface area contributed by atoms with E-state index in [1.165, 1.54) is 0 Å². The number of benzene rings is 2. The molecule has 0 bridgehead atoms. The lowest BCUT2D eigenvalue weighted by atomic mass is 10.1. The molecule has 0 fully saturated rings. The molecule has 0 unspecified atom stereocenters. The molecule has 0 saturated carbocycles. The number of anilines is 4. The summed E-state index contributed by atoms with van der Waals surface area (Å²) in [6.45, 7) is 0.381. The minimum absolute atomic E-state index is 0.333. The number of pyridine rings is 2. The molecule has 172 valence electrons. The van der Waals surface area contributed by atoms with E-state index in [9.17, 15) is 21.0 Å². The van der Waals surface area contributed by atoms with Gasteiger partial charge in [-0.2, -0.15) is 21.0 Å². The van der Waals surface area contributed by atoms with Gasteiger partial charge in [-0.1, -0.05) is 24.3 Å². The summed E-state index contributed by atoms with van der Waals surface area (Å²) in [7, 11) is -2.99. The maximum Gasteiger partial charge on any atom is 0.145 e. The lowest BCUT2D eigenvalue weighted by Gasteiger charge is -2.26. The fourth-order valence-electron chi connectivity index (χ4n) is 3.61. The van der Waals surface area contributed by atoms with Crippen LogP contribution in [0, 0.1) is 43.3 Å². The summed E-state index contributed by atoms with van der Waals surface area (Å²) in [5, 5.41) is 47.3. The lowest BCUT2D eigenvalue weighted by molar-refractivity contribution is 0.960. The van der Waals surface area contributed by atoms with Gasteiger partial charge >= 0.3 is 0 Å².